The highest BCUT2D eigenvalue weighted by molar-refractivity contribution is 6.30. The quantitative estimate of drug-likeness (QED) is 0.585. The Morgan fingerprint density at radius 1 is 1.04 bits per heavy atom. The van der Waals surface area contributed by atoms with Gasteiger partial charge in [-0.05, 0) is 36.2 Å². The Kier molecular flexibility index (Phi) is 4.38. The van der Waals surface area contributed by atoms with Crippen LogP contribution < -0.4 is 11.3 Å². The number of hydrogen-bond acceptors (Lipinski definition) is 4. The summed E-state index contributed by atoms with van der Waals surface area (Å²) in [6.07, 6.45) is 0. The topological polar surface area (TPSA) is 73.8 Å². The summed E-state index contributed by atoms with van der Waals surface area (Å²) in [7, 11) is 0. The first-order chi connectivity index (χ1) is 13.0. The molecule has 2 aromatic carbocycles. The zero-order chi connectivity index (χ0) is 19.0. The average Bonchev–Trinajstić information content (AvgIpc) is 2.66. The Balaban J connectivity index is 2.00. The van der Waals surface area contributed by atoms with Gasteiger partial charge < -0.3 is 5.73 Å². The van der Waals surface area contributed by atoms with E-state index in [2.05, 4.69) is 9.97 Å². The number of fused-ring (bicyclic) bond motifs is 1. The maximum atomic E-state index is 13.3. The summed E-state index contributed by atoms with van der Waals surface area (Å²) in [6.45, 7) is 2.23. The van der Waals surface area contributed by atoms with Gasteiger partial charge in [0, 0.05) is 16.0 Å². The molecule has 6 heteroatoms. The molecular weight excluding hydrogens is 360 g/mol. The molecule has 2 aromatic heterocycles. The van der Waals surface area contributed by atoms with Crippen molar-refractivity contribution in [3.63, 3.8) is 0 Å². The third kappa shape index (κ3) is 3.29. The number of pyridine rings is 1. The molecule has 0 atom stereocenters. The lowest BCUT2D eigenvalue weighted by Gasteiger charge is -2.14. The van der Waals surface area contributed by atoms with Crippen molar-refractivity contribution in [2.75, 3.05) is 5.73 Å². The number of halogens is 1. The van der Waals surface area contributed by atoms with Crippen LogP contribution in [-0.2, 0) is 6.54 Å². The number of rotatable bonds is 3. The smallest absolute Gasteiger partial charge is 0.260 e. The molecule has 0 aliphatic carbocycles. The molecule has 134 valence electrons. The summed E-state index contributed by atoms with van der Waals surface area (Å²) in [5, 5.41) is 1.45. The van der Waals surface area contributed by atoms with Crippen LogP contribution in [0.5, 0.6) is 0 Å². The average molecular weight is 377 g/mol. The summed E-state index contributed by atoms with van der Waals surface area (Å²) < 4.78 is 1.64. The van der Waals surface area contributed by atoms with Gasteiger partial charge in [0.25, 0.3) is 5.56 Å². The summed E-state index contributed by atoms with van der Waals surface area (Å²) in [4.78, 5) is 21.9. The zero-order valence-electron chi connectivity index (χ0n) is 14.7. The van der Waals surface area contributed by atoms with E-state index in [-0.39, 0.29) is 11.5 Å². The van der Waals surface area contributed by atoms with Gasteiger partial charge in [-0.2, -0.15) is 4.98 Å². The van der Waals surface area contributed by atoms with Gasteiger partial charge in [0.1, 0.15) is 5.65 Å². The van der Waals surface area contributed by atoms with Gasteiger partial charge >= 0.3 is 0 Å². The highest BCUT2D eigenvalue weighted by atomic mass is 35.5. The van der Waals surface area contributed by atoms with E-state index in [9.17, 15) is 4.79 Å². The van der Waals surface area contributed by atoms with E-state index in [4.69, 9.17) is 17.3 Å². The van der Waals surface area contributed by atoms with Gasteiger partial charge in [-0.3, -0.25) is 9.36 Å². The molecule has 0 saturated heterocycles. The summed E-state index contributed by atoms with van der Waals surface area (Å²) in [5.41, 5.74) is 9.39. The van der Waals surface area contributed by atoms with Crippen LogP contribution in [0.25, 0.3) is 22.2 Å². The lowest BCUT2D eigenvalue weighted by Crippen LogP contribution is -2.24. The second-order valence-corrected chi connectivity index (χ2v) is 6.78. The van der Waals surface area contributed by atoms with Crippen molar-refractivity contribution in [1.29, 1.82) is 0 Å². The van der Waals surface area contributed by atoms with Gasteiger partial charge in [-0.25, -0.2) is 4.98 Å². The normalized spacial score (nSPS) is 11.0. The van der Waals surface area contributed by atoms with Crippen LogP contribution in [0.2, 0.25) is 5.02 Å². The van der Waals surface area contributed by atoms with E-state index in [0.717, 1.165) is 22.2 Å². The van der Waals surface area contributed by atoms with Crippen LogP contribution in [-0.4, -0.2) is 14.5 Å². The van der Waals surface area contributed by atoms with Crippen molar-refractivity contribution < 1.29 is 0 Å². The first-order valence-corrected chi connectivity index (χ1v) is 8.88. The minimum atomic E-state index is -0.124. The number of aryl methyl sites for hydroxylation is 1. The third-order valence-corrected chi connectivity index (χ3v) is 4.74. The zero-order valence-corrected chi connectivity index (χ0v) is 15.4. The minimum absolute atomic E-state index is 0.124. The number of benzene rings is 2. The van der Waals surface area contributed by atoms with E-state index in [0.29, 0.717) is 22.8 Å². The Labute approximate surface area is 161 Å². The van der Waals surface area contributed by atoms with E-state index < -0.39 is 0 Å². The predicted molar refractivity (Wildman–Crippen MR) is 109 cm³/mol. The fraction of sp³-hybridized carbons (Fsp3) is 0.0952. The van der Waals surface area contributed by atoms with Gasteiger partial charge in [0.15, 0.2) is 0 Å². The highest BCUT2D eigenvalue weighted by Crippen LogP contribution is 2.23. The number of nitrogens with two attached hydrogens (primary N) is 1. The third-order valence-electron chi connectivity index (χ3n) is 4.49. The summed E-state index contributed by atoms with van der Waals surface area (Å²) in [5.74, 6) is 0.150. The lowest BCUT2D eigenvalue weighted by atomic mass is 10.0. The number of anilines is 1. The first-order valence-electron chi connectivity index (χ1n) is 8.50. The van der Waals surface area contributed by atoms with Crippen molar-refractivity contribution in [3.8, 4) is 11.1 Å². The monoisotopic (exact) mass is 376 g/mol. The largest absolute Gasteiger partial charge is 0.368 e. The molecule has 0 amide bonds. The molecule has 0 aliphatic rings. The van der Waals surface area contributed by atoms with Crippen LogP contribution in [0.4, 0.5) is 5.95 Å². The van der Waals surface area contributed by atoms with Crippen LogP contribution in [0.3, 0.4) is 0 Å². The van der Waals surface area contributed by atoms with Gasteiger partial charge in [-0.1, -0.05) is 54.1 Å². The van der Waals surface area contributed by atoms with Crippen molar-refractivity contribution >= 4 is 28.6 Å². The van der Waals surface area contributed by atoms with Crippen molar-refractivity contribution in [1.82, 2.24) is 14.5 Å². The fourth-order valence-corrected chi connectivity index (χ4v) is 3.28. The van der Waals surface area contributed by atoms with Gasteiger partial charge in [-0.15, -0.1) is 0 Å². The predicted octanol–water partition coefficient (Wildman–Crippen LogP) is 4.05. The second kappa shape index (κ2) is 6.85. The summed E-state index contributed by atoms with van der Waals surface area (Å²) in [6, 6.07) is 18.8. The SMILES string of the molecule is Cc1nc(N)nc2c1cc(-c1ccccc1)c(=O)n2Cc1ccc(Cl)cc1. The molecule has 0 radical (unpaired) electrons. The second-order valence-electron chi connectivity index (χ2n) is 6.35. The molecule has 27 heavy (non-hydrogen) atoms. The molecule has 0 unspecified atom stereocenters. The molecule has 5 nitrogen and oxygen atoms in total. The maximum absolute atomic E-state index is 13.3. The fourth-order valence-electron chi connectivity index (χ4n) is 3.15. The molecule has 0 fully saturated rings. The highest BCUT2D eigenvalue weighted by Gasteiger charge is 2.15. The van der Waals surface area contributed by atoms with Crippen LogP contribution in [0.15, 0.2) is 65.5 Å². The van der Waals surface area contributed by atoms with Crippen molar-refractivity contribution in [3.05, 3.63) is 87.3 Å². The Morgan fingerprint density at radius 3 is 2.44 bits per heavy atom. The first kappa shape index (κ1) is 17.2. The Morgan fingerprint density at radius 2 is 1.74 bits per heavy atom. The van der Waals surface area contributed by atoms with Crippen LogP contribution in [0.1, 0.15) is 11.3 Å². The van der Waals surface area contributed by atoms with E-state index >= 15 is 0 Å². The Bertz CT molecular complexity index is 1180. The van der Waals surface area contributed by atoms with Crippen molar-refractivity contribution in [2.45, 2.75) is 13.5 Å². The summed E-state index contributed by atoms with van der Waals surface area (Å²) >= 11 is 5.98. The molecule has 2 N–H and O–H groups in total. The Hall–Kier alpha value is -3.18. The van der Waals surface area contributed by atoms with Gasteiger partial charge in [0.2, 0.25) is 5.95 Å². The molecule has 0 aliphatic heterocycles. The van der Waals surface area contributed by atoms with Crippen LogP contribution in [0, 0.1) is 6.92 Å². The molecule has 0 bridgehead atoms. The lowest BCUT2D eigenvalue weighted by molar-refractivity contribution is 0.783. The van der Waals surface area contributed by atoms with Crippen molar-refractivity contribution in [2.24, 2.45) is 0 Å². The van der Waals surface area contributed by atoms with Crippen LogP contribution >= 0.6 is 11.6 Å². The number of aromatic nitrogens is 3. The molecule has 0 saturated carbocycles. The standard InChI is InChI=1S/C21H17ClN4O/c1-13-17-11-18(15-5-3-2-4-6-15)20(27)26(19(17)25-21(23)24-13)12-14-7-9-16(22)10-8-14/h2-11H,12H2,1H3,(H2,23,24,25). The number of hydrogen-bond donors (Lipinski definition) is 1. The van der Waals surface area contributed by atoms with E-state index in [1.807, 2.05) is 55.5 Å². The van der Waals surface area contributed by atoms with Gasteiger partial charge in [0.05, 0.1) is 12.2 Å². The molecule has 0 spiro atoms. The van der Waals surface area contributed by atoms with E-state index in [1.165, 1.54) is 0 Å². The minimum Gasteiger partial charge on any atom is -0.368 e. The molecule has 4 rings (SSSR count). The number of nitrogens with zero attached hydrogens (tertiary/aromatic N) is 3. The molecule has 2 heterocycles. The maximum Gasteiger partial charge on any atom is 0.260 e. The number of nitrogen functional groups attached to an aromatic ring is 1. The van der Waals surface area contributed by atoms with E-state index in [1.54, 1.807) is 16.7 Å². The molecule has 4 aromatic rings. The molecular formula is C21H17ClN4O.